The summed E-state index contributed by atoms with van der Waals surface area (Å²) < 4.78 is 10.7. The molecule has 136 valence electrons. The highest BCUT2D eigenvalue weighted by atomic mass is 32.2. The lowest BCUT2D eigenvalue weighted by Crippen LogP contribution is -2.43. The summed E-state index contributed by atoms with van der Waals surface area (Å²) in [5.41, 5.74) is 1.15. The van der Waals surface area contributed by atoms with Crippen molar-refractivity contribution in [1.29, 1.82) is 0 Å². The Morgan fingerprint density at radius 3 is 2.46 bits per heavy atom. The molecule has 0 aliphatic carbocycles. The zero-order chi connectivity index (χ0) is 17.8. The summed E-state index contributed by atoms with van der Waals surface area (Å²) in [6.45, 7) is 10.0. The van der Waals surface area contributed by atoms with E-state index in [1.165, 1.54) is 0 Å². The Kier molecular flexibility index (Phi) is 9.64. The molecule has 0 aromatic heterocycles. The van der Waals surface area contributed by atoms with Crippen LogP contribution in [0.25, 0.3) is 0 Å². The van der Waals surface area contributed by atoms with Gasteiger partial charge < -0.3 is 20.1 Å². The minimum Gasteiger partial charge on any atom is -0.491 e. The molecule has 0 atom stereocenters. The second kappa shape index (κ2) is 11.2. The summed E-state index contributed by atoms with van der Waals surface area (Å²) in [7, 11) is 1.67. The van der Waals surface area contributed by atoms with E-state index in [0.29, 0.717) is 19.8 Å². The fourth-order valence-corrected chi connectivity index (χ4v) is 2.03. The van der Waals surface area contributed by atoms with E-state index in [4.69, 9.17) is 9.47 Å². The van der Waals surface area contributed by atoms with Crippen LogP contribution in [0.5, 0.6) is 5.75 Å². The number of nitrogens with one attached hydrogen (secondary N) is 2. The first kappa shape index (κ1) is 20.6. The Morgan fingerprint density at radius 1 is 1.17 bits per heavy atom. The number of hydrogen-bond donors (Lipinski definition) is 2. The van der Waals surface area contributed by atoms with E-state index < -0.39 is 0 Å². The number of thioether (sulfide) groups is 1. The molecule has 0 amide bonds. The van der Waals surface area contributed by atoms with Crippen molar-refractivity contribution >= 4 is 17.7 Å². The van der Waals surface area contributed by atoms with Crippen molar-refractivity contribution in [3.63, 3.8) is 0 Å². The third-order valence-corrected chi connectivity index (χ3v) is 4.73. The minimum atomic E-state index is 0.178. The zero-order valence-corrected chi connectivity index (χ0v) is 16.3. The Morgan fingerprint density at radius 2 is 1.88 bits per heavy atom. The van der Waals surface area contributed by atoms with Crippen molar-refractivity contribution in [2.45, 2.75) is 32.1 Å². The highest BCUT2D eigenvalue weighted by molar-refractivity contribution is 7.99. The Balaban J connectivity index is 2.55. The molecular weight excluding hydrogens is 322 g/mol. The minimum absolute atomic E-state index is 0.178. The maximum absolute atomic E-state index is 5.57. The van der Waals surface area contributed by atoms with Crippen LogP contribution in [0.4, 0.5) is 0 Å². The molecule has 2 N–H and O–H groups in total. The van der Waals surface area contributed by atoms with E-state index in [9.17, 15) is 0 Å². The quantitative estimate of drug-likeness (QED) is 0.385. The van der Waals surface area contributed by atoms with Gasteiger partial charge in [0.1, 0.15) is 12.4 Å². The van der Waals surface area contributed by atoms with Crippen LogP contribution in [-0.2, 0) is 11.3 Å². The average Bonchev–Trinajstić information content (AvgIpc) is 2.59. The number of benzene rings is 1. The highest BCUT2D eigenvalue weighted by Gasteiger charge is 2.15. The molecule has 1 aromatic rings. The largest absolute Gasteiger partial charge is 0.491 e. The predicted molar refractivity (Wildman–Crippen MR) is 104 cm³/mol. The predicted octanol–water partition coefficient (Wildman–Crippen LogP) is 2.91. The number of hydrogen-bond acceptors (Lipinski definition) is 4. The maximum atomic E-state index is 5.57. The third-order valence-electron chi connectivity index (χ3n) is 3.48. The monoisotopic (exact) mass is 353 g/mol. The van der Waals surface area contributed by atoms with Crippen LogP contribution in [0.1, 0.15) is 26.3 Å². The number of ether oxygens (including phenoxy) is 2. The molecule has 6 heteroatoms. The van der Waals surface area contributed by atoms with Crippen molar-refractivity contribution < 1.29 is 9.47 Å². The van der Waals surface area contributed by atoms with Crippen LogP contribution < -0.4 is 15.4 Å². The Labute approximate surface area is 150 Å². The van der Waals surface area contributed by atoms with Gasteiger partial charge in [0.25, 0.3) is 0 Å². The smallest absolute Gasteiger partial charge is 0.191 e. The summed E-state index contributed by atoms with van der Waals surface area (Å²) in [6, 6.07) is 8.03. The number of rotatable bonds is 10. The van der Waals surface area contributed by atoms with Gasteiger partial charge in [0.2, 0.25) is 0 Å². The highest BCUT2D eigenvalue weighted by Crippen LogP contribution is 2.19. The molecule has 0 heterocycles. The summed E-state index contributed by atoms with van der Waals surface area (Å²) >= 11 is 1.84. The SMILES string of the molecule is CCNC(=NCc1ccc(OCCOC)cc1)NCC(C)(C)SC. The van der Waals surface area contributed by atoms with Crippen molar-refractivity contribution in [3.8, 4) is 5.75 Å². The van der Waals surface area contributed by atoms with E-state index in [1.807, 2.05) is 36.0 Å². The maximum Gasteiger partial charge on any atom is 0.191 e. The molecule has 1 rings (SSSR count). The topological polar surface area (TPSA) is 54.9 Å². The summed E-state index contributed by atoms with van der Waals surface area (Å²) in [4.78, 5) is 4.65. The van der Waals surface area contributed by atoms with E-state index in [-0.39, 0.29) is 4.75 Å². The van der Waals surface area contributed by atoms with E-state index in [2.05, 4.69) is 42.7 Å². The van der Waals surface area contributed by atoms with Gasteiger partial charge >= 0.3 is 0 Å². The molecule has 0 saturated carbocycles. The molecule has 0 unspecified atom stereocenters. The molecule has 0 bridgehead atoms. The van der Waals surface area contributed by atoms with Gasteiger partial charge in [0.15, 0.2) is 5.96 Å². The van der Waals surface area contributed by atoms with Gasteiger partial charge in [-0.1, -0.05) is 12.1 Å². The van der Waals surface area contributed by atoms with Crippen molar-refractivity contribution in [3.05, 3.63) is 29.8 Å². The Bertz CT molecular complexity index is 490. The van der Waals surface area contributed by atoms with Crippen LogP contribution >= 0.6 is 11.8 Å². The standard InChI is InChI=1S/C18H31N3O2S/c1-6-19-17(21-14-18(2,3)24-5)20-13-15-7-9-16(10-8-15)23-12-11-22-4/h7-10H,6,11-14H2,1-5H3,(H2,19,20,21). The molecule has 0 spiro atoms. The first-order valence-corrected chi connectivity index (χ1v) is 9.51. The van der Waals surface area contributed by atoms with Gasteiger partial charge in [-0.05, 0) is 44.7 Å². The van der Waals surface area contributed by atoms with E-state index in [0.717, 1.165) is 30.4 Å². The number of nitrogens with zero attached hydrogens (tertiary/aromatic N) is 1. The third kappa shape index (κ3) is 8.45. The Hall–Kier alpha value is -1.40. The van der Waals surface area contributed by atoms with E-state index in [1.54, 1.807) is 7.11 Å². The average molecular weight is 354 g/mol. The molecule has 24 heavy (non-hydrogen) atoms. The first-order valence-electron chi connectivity index (χ1n) is 8.28. The second-order valence-electron chi connectivity index (χ2n) is 6.00. The van der Waals surface area contributed by atoms with Crippen LogP contribution in [-0.4, -0.2) is 50.4 Å². The van der Waals surface area contributed by atoms with Crippen LogP contribution in [0.3, 0.4) is 0 Å². The summed E-state index contributed by atoms with van der Waals surface area (Å²) in [5.74, 6) is 1.70. The van der Waals surface area contributed by atoms with Crippen LogP contribution in [0.15, 0.2) is 29.3 Å². The van der Waals surface area contributed by atoms with Gasteiger partial charge in [-0.3, -0.25) is 0 Å². The fourth-order valence-electron chi connectivity index (χ4n) is 1.81. The van der Waals surface area contributed by atoms with Gasteiger partial charge in [-0.15, -0.1) is 0 Å². The number of guanidine groups is 1. The van der Waals surface area contributed by atoms with E-state index >= 15 is 0 Å². The van der Waals surface area contributed by atoms with Crippen LogP contribution in [0, 0.1) is 0 Å². The van der Waals surface area contributed by atoms with Gasteiger partial charge in [-0.25, -0.2) is 4.99 Å². The van der Waals surface area contributed by atoms with Gasteiger partial charge in [-0.2, -0.15) is 11.8 Å². The molecular formula is C18H31N3O2S. The lowest BCUT2D eigenvalue weighted by atomic mass is 10.2. The molecule has 5 nitrogen and oxygen atoms in total. The lowest BCUT2D eigenvalue weighted by molar-refractivity contribution is 0.146. The molecule has 0 aliphatic rings. The molecule has 0 aliphatic heterocycles. The molecule has 1 aromatic carbocycles. The number of methoxy groups -OCH3 is 1. The molecule has 0 fully saturated rings. The first-order chi connectivity index (χ1) is 11.5. The van der Waals surface area contributed by atoms with Crippen molar-refractivity contribution in [2.75, 3.05) is 39.7 Å². The van der Waals surface area contributed by atoms with Crippen LogP contribution in [0.2, 0.25) is 0 Å². The fraction of sp³-hybridized carbons (Fsp3) is 0.611. The summed E-state index contributed by atoms with van der Waals surface area (Å²) in [5, 5.41) is 6.69. The zero-order valence-electron chi connectivity index (χ0n) is 15.5. The molecule has 0 saturated heterocycles. The van der Waals surface area contributed by atoms with Crippen molar-refractivity contribution in [2.24, 2.45) is 4.99 Å². The second-order valence-corrected chi connectivity index (χ2v) is 7.51. The number of aliphatic imine (C=N–C) groups is 1. The normalized spacial score (nSPS) is 12.1. The van der Waals surface area contributed by atoms with Crippen molar-refractivity contribution in [1.82, 2.24) is 10.6 Å². The van der Waals surface area contributed by atoms with Gasteiger partial charge in [0, 0.05) is 24.9 Å². The lowest BCUT2D eigenvalue weighted by Gasteiger charge is -2.23. The van der Waals surface area contributed by atoms with Gasteiger partial charge in [0.05, 0.1) is 13.2 Å². The molecule has 0 radical (unpaired) electrons. The summed E-state index contributed by atoms with van der Waals surface area (Å²) in [6.07, 6.45) is 2.13.